The first-order chi connectivity index (χ1) is 8.45. The van der Waals surface area contributed by atoms with Crippen molar-refractivity contribution in [2.75, 3.05) is 0 Å². The molecule has 0 unspecified atom stereocenters. The molecule has 1 aromatic heterocycles. The number of nitrogens with zero attached hydrogens (tertiary/aromatic N) is 1. The van der Waals surface area contributed by atoms with Crippen LogP contribution in [0.5, 0.6) is 0 Å². The van der Waals surface area contributed by atoms with E-state index < -0.39 is 22.0 Å². The summed E-state index contributed by atoms with van der Waals surface area (Å²) in [6.45, 7) is 5.64. The number of hydrogen-bond acceptors (Lipinski definition) is 4. The third-order valence-electron chi connectivity index (χ3n) is 2.49. The van der Waals surface area contributed by atoms with Crippen molar-refractivity contribution >= 4 is 28.1 Å². The molecule has 0 spiro atoms. The first-order valence-electron chi connectivity index (χ1n) is 5.99. The van der Waals surface area contributed by atoms with E-state index >= 15 is 0 Å². The predicted octanol–water partition coefficient (Wildman–Crippen LogP) is 2.45. The molecule has 1 aromatic rings. The van der Waals surface area contributed by atoms with Crippen LogP contribution in [0.15, 0.2) is 5.38 Å². The fraction of sp³-hybridized carbons (Fsp3) is 0.667. The molecule has 0 saturated heterocycles. The summed E-state index contributed by atoms with van der Waals surface area (Å²) in [5.41, 5.74) is 0.744. The van der Waals surface area contributed by atoms with Crippen molar-refractivity contribution < 1.29 is 14.1 Å². The molecule has 0 aromatic carbocycles. The molecule has 0 amide bonds. The second-order valence-electron chi connectivity index (χ2n) is 4.51. The lowest BCUT2D eigenvalue weighted by atomic mass is 10.1. The number of rotatable bonds is 7. The van der Waals surface area contributed by atoms with Crippen LogP contribution in [0.2, 0.25) is 0 Å². The van der Waals surface area contributed by atoms with E-state index in [-0.39, 0.29) is 11.7 Å². The summed E-state index contributed by atoms with van der Waals surface area (Å²) in [6, 6.07) is 0. The highest BCUT2D eigenvalue weighted by Crippen LogP contribution is 2.17. The molecule has 0 aliphatic rings. The minimum Gasteiger partial charge on any atom is -0.480 e. The van der Waals surface area contributed by atoms with Gasteiger partial charge in [0.15, 0.2) is 0 Å². The van der Waals surface area contributed by atoms with Crippen molar-refractivity contribution in [2.45, 2.75) is 44.6 Å². The molecule has 0 radical (unpaired) electrons. The summed E-state index contributed by atoms with van der Waals surface area (Å²) in [5.74, 6) is -0.903. The average molecular weight is 289 g/mol. The topological polar surface area (TPSA) is 67.3 Å². The van der Waals surface area contributed by atoms with Crippen LogP contribution in [0.25, 0.3) is 0 Å². The summed E-state index contributed by atoms with van der Waals surface area (Å²) in [4.78, 5) is 15.4. The minimum atomic E-state index is -1.41. The van der Waals surface area contributed by atoms with E-state index in [0.717, 1.165) is 23.5 Å². The van der Waals surface area contributed by atoms with Crippen LogP contribution >= 0.6 is 11.3 Å². The van der Waals surface area contributed by atoms with Crippen molar-refractivity contribution in [3.05, 3.63) is 16.1 Å². The monoisotopic (exact) mass is 289 g/mol. The summed E-state index contributed by atoms with van der Waals surface area (Å²) < 4.78 is 12.1. The lowest BCUT2D eigenvalue weighted by Gasteiger charge is -2.14. The minimum absolute atomic E-state index is 0.142. The molecule has 6 heteroatoms. The van der Waals surface area contributed by atoms with E-state index in [0.29, 0.717) is 0 Å². The average Bonchev–Trinajstić information content (AvgIpc) is 2.64. The van der Waals surface area contributed by atoms with Gasteiger partial charge in [0.05, 0.1) is 16.5 Å². The van der Waals surface area contributed by atoms with Gasteiger partial charge in [-0.1, -0.05) is 20.8 Å². The van der Waals surface area contributed by atoms with E-state index in [1.807, 2.05) is 5.38 Å². The van der Waals surface area contributed by atoms with Gasteiger partial charge in [-0.3, -0.25) is 9.00 Å². The molecule has 1 rings (SSSR count). The zero-order valence-electron chi connectivity index (χ0n) is 10.9. The normalized spacial score (nSPS) is 14.7. The van der Waals surface area contributed by atoms with E-state index in [2.05, 4.69) is 11.9 Å². The molecule has 0 aliphatic heterocycles. The third-order valence-corrected chi connectivity index (χ3v) is 5.34. The molecule has 0 fully saturated rings. The number of aliphatic carboxylic acids is 1. The standard InChI is InChI=1S/C12H19NO3S2/c1-4-5-10-13-9(6-17-10)7-18(16)11(8(2)3)12(14)15/h6,8,11H,4-5,7H2,1-3H3,(H,14,15)/t11-,18+/m0/s1. The molecule has 0 saturated carbocycles. The van der Waals surface area contributed by atoms with Gasteiger partial charge in [-0.2, -0.15) is 0 Å². The van der Waals surface area contributed by atoms with Gasteiger partial charge in [0, 0.05) is 16.2 Å². The lowest BCUT2D eigenvalue weighted by molar-refractivity contribution is -0.137. The van der Waals surface area contributed by atoms with E-state index in [1.165, 1.54) is 0 Å². The summed E-state index contributed by atoms with van der Waals surface area (Å²) in [6.07, 6.45) is 1.95. The smallest absolute Gasteiger partial charge is 0.319 e. The second kappa shape index (κ2) is 6.99. The van der Waals surface area contributed by atoms with Crippen molar-refractivity contribution in [2.24, 2.45) is 5.92 Å². The SMILES string of the molecule is CCCc1nc(C[S@@](=O)[C@H](C(=O)O)C(C)C)cs1. The highest BCUT2D eigenvalue weighted by molar-refractivity contribution is 7.85. The number of aromatic nitrogens is 1. The van der Waals surface area contributed by atoms with Gasteiger partial charge >= 0.3 is 5.97 Å². The number of carboxylic acid groups (broad SMARTS) is 1. The number of thiazole rings is 1. The Bertz CT molecular complexity index is 429. The Balaban J connectivity index is 2.70. The van der Waals surface area contributed by atoms with E-state index in [1.54, 1.807) is 25.2 Å². The summed E-state index contributed by atoms with van der Waals surface area (Å²) in [5, 5.41) is 11.2. The van der Waals surface area contributed by atoms with Crippen LogP contribution in [0.3, 0.4) is 0 Å². The Kier molecular flexibility index (Phi) is 5.95. The predicted molar refractivity (Wildman–Crippen MR) is 74.2 cm³/mol. The van der Waals surface area contributed by atoms with Gasteiger partial charge in [0.1, 0.15) is 5.25 Å². The molecule has 1 N–H and O–H groups in total. The second-order valence-corrected chi connectivity index (χ2v) is 7.01. The van der Waals surface area contributed by atoms with Crippen LogP contribution in [0.1, 0.15) is 37.9 Å². The zero-order chi connectivity index (χ0) is 13.7. The molecule has 2 atom stereocenters. The molecule has 0 bridgehead atoms. The fourth-order valence-electron chi connectivity index (χ4n) is 1.68. The highest BCUT2D eigenvalue weighted by atomic mass is 32.2. The molecule has 1 heterocycles. The maximum Gasteiger partial charge on any atom is 0.319 e. The molecule has 4 nitrogen and oxygen atoms in total. The largest absolute Gasteiger partial charge is 0.480 e. The Morgan fingerprint density at radius 3 is 2.72 bits per heavy atom. The highest BCUT2D eigenvalue weighted by Gasteiger charge is 2.28. The van der Waals surface area contributed by atoms with Crippen LogP contribution in [0.4, 0.5) is 0 Å². The van der Waals surface area contributed by atoms with Crippen molar-refractivity contribution in [1.82, 2.24) is 4.98 Å². The van der Waals surface area contributed by atoms with E-state index in [9.17, 15) is 9.00 Å². The quantitative estimate of drug-likeness (QED) is 0.837. The zero-order valence-corrected chi connectivity index (χ0v) is 12.5. The first-order valence-corrected chi connectivity index (χ1v) is 8.25. The number of hydrogen-bond donors (Lipinski definition) is 1. The number of carbonyl (C=O) groups is 1. The third kappa shape index (κ3) is 4.17. The maximum absolute atomic E-state index is 12.1. The van der Waals surface area contributed by atoms with Crippen LogP contribution in [-0.2, 0) is 27.8 Å². The lowest BCUT2D eigenvalue weighted by Crippen LogP contribution is -2.31. The Hall–Kier alpha value is -0.750. The van der Waals surface area contributed by atoms with Crippen LogP contribution in [0, 0.1) is 5.92 Å². The van der Waals surface area contributed by atoms with Gasteiger partial charge in [-0.05, 0) is 18.8 Å². The van der Waals surface area contributed by atoms with Gasteiger partial charge in [0.25, 0.3) is 0 Å². The number of carboxylic acids is 1. The molecule has 102 valence electrons. The van der Waals surface area contributed by atoms with Crippen molar-refractivity contribution in [3.8, 4) is 0 Å². The van der Waals surface area contributed by atoms with Crippen LogP contribution in [-0.4, -0.2) is 25.5 Å². The van der Waals surface area contributed by atoms with Crippen molar-refractivity contribution in [1.29, 1.82) is 0 Å². The van der Waals surface area contributed by atoms with E-state index in [4.69, 9.17) is 5.11 Å². The maximum atomic E-state index is 12.1. The first kappa shape index (κ1) is 15.3. The molecular formula is C12H19NO3S2. The van der Waals surface area contributed by atoms with Crippen LogP contribution < -0.4 is 0 Å². The van der Waals surface area contributed by atoms with Gasteiger partial charge in [0.2, 0.25) is 0 Å². The Morgan fingerprint density at radius 1 is 1.56 bits per heavy atom. The van der Waals surface area contributed by atoms with Gasteiger partial charge in [-0.25, -0.2) is 4.98 Å². The Morgan fingerprint density at radius 2 is 2.22 bits per heavy atom. The number of aryl methyl sites for hydroxylation is 1. The molecule has 0 aliphatic carbocycles. The summed E-state index contributed by atoms with van der Waals surface area (Å²) >= 11 is 1.55. The van der Waals surface area contributed by atoms with Gasteiger partial charge in [-0.15, -0.1) is 11.3 Å². The fourth-order valence-corrected chi connectivity index (χ4v) is 4.14. The Labute approximate surface area is 114 Å². The molecule has 18 heavy (non-hydrogen) atoms. The van der Waals surface area contributed by atoms with Gasteiger partial charge < -0.3 is 5.11 Å². The molecular weight excluding hydrogens is 270 g/mol. The summed E-state index contributed by atoms with van der Waals surface area (Å²) in [7, 11) is -1.41. The van der Waals surface area contributed by atoms with Crippen molar-refractivity contribution in [3.63, 3.8) is 0 Å².